The van der Waals surface area contributed by atoms with Gasteiger partial charge in [0.05, 0.1) is 6.10 Å². The molecule has 1 aromatic carbocycles. The zero-order valence-corrected chi connectivity index (χ0v) is 14.0. The van der Waals surface area contributed by atoms with Crippen LogP contribution in [0.25, 0.3) is 0 Å². The van der Waals surface area contributed by atoms with Crippen LogP contribution >= 0.6 is 11.6 Å². The third kappa shape index (κ3) is 4.87. The summed E-state index contributed by atoms with van der Waals surface area (Å²) in [6.07, 6.45) is 1.76. The lowest BCUT2D eigenvalue weighted by atomic mass is 9.82. The van der Waals surface area contributed by atoms with Crippen LogP contribution in [0.3, 0.4) is 0 Å². The molecule has 21 heavy (non-hydrogen) atoms. The van der Waals surface area contributed by atoms with Gasteiger partial charge in [-0.25, -0.2) is 0 Å². The second-order valence-corrected chi connectivity index (χ2v) is 7.11. The van der Waals surface area contributed by atoms with Crippen molar-refractivity contribution in [1.82, 2.24) is 5.32 Å². The highest BCUT2D eigenvalue weighted by Crippen LogP contribution is 2.31. The number of hydrogen-bond donors (Lipinski definition) is 2. The summed E-state index contributed by atoms with van der Waals surface area (Å²) < 4.78 is 0. The molecule has 0 heterocycles. The molecule has 0 atom stereocenters. The van der Waals surface area contributed by atoms with Crippen molar-refractivity contribution in [2.75, 3.05) is 25.0 Å². The molecule has 1 aliphatic carbocycles. The summed E-state index contributed by atoms with van der Waals surface area (Å²) in [6, 6.07) is 6.11. The minimum absolute atomic E-state index is 0.0880. The molecule has 0 aromatic heterocycles. The third-order valence-corrected chi connectivity index (χ3v) is 4.30. The lowest BCUT2D eigenvalue weighted by Crippen LogP contribution is -2.37. The van der Waals surface area contributed by atoms with Crippen molar-refractivity contribution in [2.45, 2.75) is 39.3 Å². The number of aliphatic hydroxyl groups is 1. The zero-order valence-electron chi connectivity index (χ0n) is 13.3. The van der Waals surface area contributed by atoms with Gasteiger partial charge in [-0.05, 0) is 48.9 Å². The Morgan fingerprint density at radius 3 is 2.71 bits per heavy atom. The van der Waals surface area contributed by atoms with Crippen LogP contribution in [-0.4, -0.2) is 31.3 Å². The predicted molar refractivity (Wildman–Crippen MR) is 90.0 cm³/mol. The van der Waals surface area contributed by atoms with Gasteiger partial charge in [-0.2, -0.15) is 0 Å². The maximum atomic E-state index is 9.42. The van der Waals surface area contributed by atoms with Gasteiger partial charge in [-0.1, -0.05) is 31.5 Å². The van der Waals surface area contributed by atoms with Crippen LogP contribution in [0, 0.1) is 11.8 Å². The van der Waals surface area contributed by atoms with Crippen molar-refractivity contribution in [2.24, 2.45) is 11.8 Å². The van der Waals surface area contributed by atoms with Gasteiger partial charge < -0.3 is 15.3 Å². The number of halogens is 1. The van der Waals surface area contributed by atoms with E-state index in [9.17, 15) is 5.11 Å². The van der Waals surface area contributed by atoms with Gasteiger partial charge in [-0.3, -0.25) is 0 Å². The molecule has 0 unspecified atom stereocenters. The van der Waals surface area contributed by atoms with Crippen LogP contribution in [-0.2, 0) is 6.54 Å². The minimum Gasteiger partial charge on any atom is -0.393 e. The van der Waals surface area contributed by atoms with E-state index in [2.05, 4.69) is 37.2 Å². The third-order valence-electron chi connectivity index (χ3n) is 4.07. The minimum atomic E-state index is -0.0880. The SMILES string of the molecule is CC(C)CNCc1ccc(Cl)cc1N(C)CC1CC(O)C1. The first-order valence-electron chi connectivity index (χ1n) is 7.84. The molecule has 2 rings (SSSR count). The van der Waals surface area contributed by atoms with E-state index in [1.807, 2.05) is 12.1 Å². The largest absolute Gasteiger partial charge is 0.393 e. The van der Waals surface area contributed by atoms with Crippen LogP contribution in [0.2, 0.25) is 5.02 Å². The van der Waals surface area contributed by atoms with E-state index >= 15 is 0 Å². The normalized spacial score (nSPS) is 21.4. The molecular formula is C17H27ClN2O. The standard InChI is InChI=1S/C17H27ClN2O/c1-12(2)9-19-10-14-4-5-15(18)8-17(14)20(3)11-13-6-16(21)7-13/h4-5,8,12-13,16,19,21H,6-7,9-11H2,1-3H3. The van der Waals surface area contributed by atoms with Gasteiger partial charge in [0, 0.05) is 30.8 Å². The Bertz CT molecular complexity index is 458. The van der Waals surface area contributed by atoms with Crippen molar-refractivity contribution in [3.8, 4) is 0 Å². The van der Waals surface area contributed by atoms with Gasteiger partial charge in [-0.15, -0.1) is 0 Å². The fourth-order valence-electron chi connectivity index (χ4n) is 2.87. The van der Waals surface area contributed by atoms with E-state index in [0.29, 0.717) is 11.8 Å². The molecule has 1 aromatic rings. The van der Waals surface area contributed by atoms with E-state index in [0.717, 1.165) is 37.5 Å². The molecule has 0 aliphatic heterocycles. The van der Waals surface area contributed by atoms with Gasteiger partial charge in [0.25, 0.3) is 0 Å². The Balaban J connectivity index is 1.99. The monoisotopic (exact) mass is 310 g/mol. The summed E-state index contributed by atoms with van der Waals surface area (Å²) in [4.78, 5) is 2.27. The fourth-order valence-corrected chi connectivity index (χ4v) is 3.04. The molecule has 0 spiro atoms. The lowest BCUT2D eigenvalue weighted by Gasteiger charge is -2.36. The molecule has 4 heteroatoms. The highest BCUT2D eigenvalue weighted by Gasteiger charge is 2.28. The molecule has 1 aliphatic rings. The van der Waals surface area contributed by atoms with E-state index in [4.69, 9.17) is 11.6 Å². The molecular weight excluding hydrogens is 284 g/mol. The van der Waals surface area contributed by atoms with Crippen molar-refractivity contribution < 1.29 is 5.11 Å². The van der Waals surface area contributed by atoms with E-state index in [1.165, 1.54) is 11.3 Å². The number of aliphatic hydroxyl groups excluding tert-OH is 1. The predicted octanol–water partition coefficient (Wildman–Crippen LogP) is 3.29. The summed E-state index contributed by atoms with van der Waals surface area (Å²) in [7, 11) is 2.11. The van der Waals surface area contributed by atoms with Gasteiger partial charge in [0.15, 0.2) is 0 Å². The number of nitrogens with zero attached hydrogens (tertiary/aromatic N) is 1. The quantitative estimate of drug-likeness (QED) is 0.811. The Labute approximate surface area is 133 Å². The molecule has 118 valence electrons. The number of benzene rings is 1. The molecule has 0 saturated heterocycles. The van der Waals surface area contributed by atoms with Crippen LogP contribution in [0.5, 0.6) is 0 Å². The lowest BCUT2D eigenvalue weighted by molar-refractivity contribution is 0.0464. The molecule has 1 fully saturated rings. The maximum Gasteiger partial charge on any atom is 0.0546 e. The first-order chi connectivity index (χ1) is 9.95. The maximum absolute atomic E-state index is 9.42. The second-order valence-electron chi connectivity index (χ2n) is 6.67. The molecule has 1 saturated carbocycles. The van der Waals surface area contributed by atoms with Crippen LogP contribution in [0.4, 0.5) is 5.69 Å². The van der Waals surface area contributed by atoms with E-state index in [-0.39, 0.29) is 6.10 Å². The first kappa shape index (κ1) is 16.6. The molecule has 0 bridgehead atoms. The summed E-state index contributed by atoms with van der Waals surface area (Å²) >= 11 is 6.17. The van der Waals surface area contributed by atoms with Crippen LogP contribution in [0.15, 0.2) is 18.2 Å². The second kappa shape index (κ2) is 7.48. The topological polar surface area (TPSA) is 35.5 Å². The van der Waals surface area contributed by atoms with Gasteiger partial charge in [0.2, 0.25) is 0 Å². The Kier molecular flexibility index (Phi) is 5.91. The fraction of sp³-hybridized carbons (Fsp3) is 0.647. The van der Waals surface area contributed by atoms with Crippen molar-refractivity contribution in [3.05, 3.63) is 28.8 Å². The number of rotatable bonds is 7. The number of anilines is 1. The summed E-state index contributed by atoms with van der Waals surface area (Å²) in [6.45, 7) is 7.28. The molecule has 0 radical (unpaired) electrons. The average Bonchev–Trinajstić information content (AvgIpc) is 2.38. The average molecular weight is 311 g/mol. The van der Waals surface area contributed by atoms with Gasteiger partial charge in [0.1, 0.15) is 0 Å². The van der Waals surface area contributed by atoms with Crippen LogP contribution < -0.4 is 10.2 Å². The van der Waals surface area contributed by atoms with Crippen molar-refractivity contribution >= 4 is 17.3 Å². The van der Waals surface area contributed by atoms with Crippen molar-refractivity contribution in [3.63, 3.8) is 0 Å². The Hall–Kier alpha value is -0.770. The highest BCUT2D eigenvalue weighted by atomic mass is 35.5. The Morgan fingerprint density at radius 1 is 1.38 bits per heavy atom. The van der Waals surface area contributed by atoms with Crippen molar-refractivity contribution in [1.29, 1.82) is 0 Å². The van der Waals surface area contributed by atoms with Gasteiger partial charge >= 0.3 is 0 Å². The van der Waals surface area contributed by atoms with E-state index < -0.39 is 0 Å². The molecule has 3 nitrogen and oxygen atoms in total. The molecule has 2 N–H and O–H groups in total. The summed E-state index contributed by atoms with van der Waals surface area (Å²) in [5.41, 5.74) is 2.47. The Morgan fingerprint density at radius 2 is 2.10 bits per heavy atom. The summed E-state index contributed by atoms with van der Waals surface area (Å²) in [5, 5.41) is 13.7. The highest BCUT2D eigenvalue weighted by molar-refractivity contribution is 6.30. The van der Waals surface area contributed by atoms with Crippen LogP contribution in [0.1, 0.15) is 32.3 Å². The number of hydrogen-bond acceptors (Lipinski definition) is 3. The number of nitrogens with one attached hydrogen (secondary N) is 1. The zero-order chi connectivity index (χ0) is 15.4. The summed E-state index contributed by atoms with van der Waals surface area (Å²) in [5.74, 6) is 1.25. The first-order valence-corrected chi connectivity index (χ1v) is 8.22. The smallest absolute Gasteiger partial charge is 0.0546 e. The molecule has 0 amide bonds. The van der Waals surface area contributed by atoms with E-state index in [1.54, 1.807) is 0 Å².